The molecule has 114 valence electrons. The largest absolute Gasteiger partial charge is 0.484 e. The molecule has 22 heavy (non-hydrogen) atoms. The van der Waals surface area contributed by atoms with Gasteiger partial charge in [0.15, 0.2) is 6.61 Å². The summed E-state index contributed by atoms with van der Waals surface area (Å²) in [6, 6.07) is 10.3. The van der Waals surface area contributed by atoms with Crippen molar-refractivity contribution in [1.82, 2.24) is 0 Å². The SMILES string of the molecule is O=C(COc1ccc(Cl)cc1)Nc1ccc([N+](=O)[O-])cc1Cl. The second kappa shape index (κ2) is 7.11. The van der Waals surface area contributed by atoms with Crippen molar-refractivity contribution in [2.75, 3.05) is 11.9 Å². The number of amides is 1. The van der Waals surface area contributed by atoms with Crippen LogP contribution >= 0.6 is 23.2 Å². The Morgan fingerprint density at radius 2 is 1.86 bits per heavy atom. The standard InChI is InChI=1S/C14H10Cl2N2O4/c15-9-1-4-11(5-2-9)22-8-14(19)17-13-6-3-10(18(20)21)7-12(13)16/h1-7H,8H2,(H,17,19). The summed E-state index contributed by atoms with van der Waals surface area (Å²) < 4.78 is 5.27. The summed E-state index contributed by atoms with van der Waals surface area (Å²) >= 11 is 11.6. The molecular weight excluding hydrogens is 331 g/mol. The van der Waals surface area contributed by atoms with Gasteiger partial charge in [0.1, 0.15) is 5.75 Å². The van der Waals surface area contributed by atoms with E-state index in [4.69, 9.17) is 27.9 Å². The Bertz CT molecular complexity index is 704. The van der Waals surface area contributed by atoms with Crippen LogP contribution < -0.4 is 10.1 Å². The van der Waals surface area contributed by atoms with Crippen LogP contribution in [0.3, 0.4) is 0 Å². The summed E-state index contributed by atoms with van der Waals surface area (Å²) in [6.45, 7) is -0.227. The number of hydrogen-bond acceptors (Lipinski definition) is 4. The van der Waals surface area contributed by atoms with E-state index in [0.29, 0.717) is 10.8 Å². The topological polar surface area (TPSA) is 81.5 Å². The number of non-ortho nitro benzene ring substituents is 1. The predicted molar refractivity (Wildman–Crippen MR) is 83.7 cm³/mol. The molecule has 0 unspecified atom stereocenters. The van der Waals surface area contributed by atoms with E-state index in [1.54, 1.807) is 24.3 Å². The summed E-state index contributed by atoms with van der Waals surface area (Å²) in [6.07, 6.45) is 0. The summed E-state index contributed by atoms with van der Waals surface area (Å²) in [4.78, 5) is 21.8. The Hall–Kier alpha value is -2.31. The molecule has 2 rings (SSSR count). The third-order valence-electron chi connectivity index (χ3n) is 2.62. The van der Waals surface area contributed by atoms with E-state index in [1.165, 1.54) is 12.1 Å². The maximum atomic E-state index is 11.8. The molecule has 0 aliphatic carbocycles. The lowest BCUT2D eigenvalue weighted by atomic mass is 10.3. The lowest BCUT2D eigenvalue weighted by molar-refractivity contribution is -0.384. The summed E-state index contributed by atoms with van der Waals surface area (Å²) in [5.74, 6) is 0.0556. The van der Waals surface area contributed by atoms with E-state index in [-0.39, 0.29) is 23.0 Å². The highest BCUT2D eigenvalue weighted by Crippen LogP contribution is 2.26. The van der Waals surface area contributed by atoms with Crippen LogP contribution in [0.25, 0.3) is 0 Å². The quantitative estimate of drug-likeness (QED) is 0.660. The van der Waals surface area contributed by atoms with Gasteiger partial charge in [0, 0.05) is 17.2 Å². The Balaban J connectivity index is 1.94. The summed E-state index contributed by atoms with van der Waals surface area (Å²) in [5, 5.41) is 13.8. The van der Waals surface area contributed by atoms with E-state index < -0.39 is 10.8 Å². The molecule has 0 heterocycles. The minimum Gasteiger partial charge on any atom is -0.484 e. The number of anilines is 1. The van der Waals surface area contributed by atoms with Gasteiger partial charge in [0.25, 0.3) is 11.6 Å². The first-order valence-corrected chi connectivity index (χ1v) is 6.83. The molecule has 0 aliphatic rings. The van der Waals surface area contributed by atoms with Gasteiger partial charge in [0.2, 0.25) is 0 Å². The summed E-state index contributed by atoms with van der Waals surface area (Å²) in [7, 11) is 0. The molecule has 0 radical (unpaired) electrons. The van der Waals surface area contributed by atoms with Gasteiger partial charge in [-0.1, -0.05) is 23.2 Å². The second-order valence-corrected chi connectivity index (χ2v) is 5.06. The first-order valence-electron chi connectivity index (χ1n) is 6.08. The van der Waals surface area contributed by atoms with Crippen LogP contribution in [0.5, 0.6) is 5.75 Å². The van der Waals surface area contributed by atoms with Crippen LogP contribution in [-0.4, -0.2) is 17.4 Å². The van der Waals surface area contributed by atoms with Gasteiger partial charge in [-0.3, -0.25) is 14.9 Å². The Morgan fingerprint density at radius 3 is 2.45 bits per heavy atom. The van der Waals surface area contributed by atoms with Crippen LogP contribution in [0.15, 0.2) is 42.5 Å². The number of carbonyl (C=O) groups excluding carboxylic acids is 1. The molecular formula is C14H10Cl2N2O4. The van der Waals surface area contributed by atoms with E-state index in [1.807, 2.05) is 0 Å². The highest BCUT2D eigenvalue weighted by Gasteiger charge is 2.11. The van der Waals surface area contributed by atoms with E-state index >= 15 is 0 Å². The van der Waals surface area contributed by atoms with Crippen LogP contribution in [0, 0.1) is 10.1 Å². The van der Waals surface area contributed by atoms with Gasteiger partial charge in [0.05, 0.1) is 15.6 Å². The first kappa shape index (κ1) is 16.1. The van der Waals surface area contributed by atoms with Gasteiger partial charge in [-0.25, -0.2) is 0 Å². The average Bonchev–Trinajstić information content (AvgIpc) is 2.48. The van der Waals surface area contributed by atoms with Crippen molar-refractivity contribution in [2.24, 2.45) is 0 Å². The number of benzene rings is 2. The van der Waals surface area contributed by atoms with Crippen molar-refractivity contribution in [1.29, 1.82) is 0 Å². The summed E-state index contributed by atoms with van der Waals surface area (Å²) in [5.41, 5.74) is 0.123. The zero-order chi connectivity index (χ0) is 16.1. The number of nitrogens with zero attached hydrogens (tertiary/aromatic N) is 1. The van der Waals surface area contributed by atoms with Crippen LogP contribution in [0.4, 0.5) is 11.4 Å². The van der Waals surface area contributed by atoms with Crippen LogP contribution in [-0.2, 0) is 4.79 Å². The second-order valence-electron chi connectivity index (χ2n) is 4.21. The maximum Gasteiger partial charge on any atom is 0.271 e. The maximum absolute atomic E-state index is 11.8. The smallest absolute Gasteiger partial charge is 0.271 e. The molecule has 0 atom stereocenters. The minimum absolute atomic E-state index is 0.0778. The van der Waals surface area contributed by atoms with E-state index in [0.717, 1.165) is 6.07 Å². The highest BCUT2D eigenvalue weighted by molar-refractivity contribution is 6.34. The number of ether oxygens (including phenoxy) is 1. The van der Waals surface area contributed by atoms with Crippen molar-refractivity contribution < 1.29 is 14.5 Å². The van der Waals surface area contributed by atoms with Gasteiger partial charge in [-0.15, -0.1) is 0 Å². The zero-order valence-electron chi connectivity index (χ0n) is 11.1. The molecule has 8 heteroatoms. The Labute approximate surface area is 135 Å². The lowest BCUT2D eigenvalue weighted by Gasteiger charge is -2.08. The Kier molecular flexibility index (Phi) is 5.19. The molecule has 0 bridgehead atoms. The highest BCUT2D eigenvalue weighted by atomic mass is 35.5. The molecule has 2 aromatic rings. The predicted octanol–water partition coefficient (Wildman–Crippen LogP) is 3.92. The van der Waals surface area contributed by atoms with Crippen molar-refractivity contribution in [3.63, 3.8) is 0 Å². The zero-order valence-corrected chi connectivity index (χ0v) is 12.6. The number of carbonyl (C=O) groups is 1. The number of nitro benzene ring substituents is 1. The van der Waals surface area contributed by atoms with Crippen LogP contribution in [0.1, 0.15) is 0 Å². The fraction of sp³-hybridized carbons (Fsp3) is 0.0714. The average molecular weight is 341 g/mol. The van der Waals surface area contributed by atoms with Crippen molar-refractivity contribution in [3.8, 4) is 5.75 Å². The van der Waals surface area contributed by atoms with E-state index in [2.05, 4.69) is 5.32 Å². The molecule has 1 amide bonds. The van der Waals surface area contributed by atoms with Gasteiger partial charge >= 0.3 is 0 Å². The molecule has 0 saturated carbocycles. The molecule has 1 N–H and O–H groups in total. The van der Waals surface area contributed by atoms with Crippen molar-refractivity contribution >= 4 is 40.5 Å². The van der Waals surface area contributed by atoms with Crippen LogP contribution in [0.2, 0.25) is 10.0 Å². The monoisotopic (exact) mass is 340 g/mol. The molecule has 0 saturated heterocycles. The lowest BCUT2D eigenvalue weighted by Crippen LogP contribution is -2.20. The first-order chi connectivity index (χ1) is 10.5. The molecule has 0 aromatic heterocycles. The van der Waals surface area contributed by atoms with Gasteiger partial charge in [-0.2, -0.15) is 0 Å². The van der Waals surface area contributed by atoms with Gasteiger partial charge in [-0.05, 0) is 30.3 Å². The number of nitrogens with one attached hydrogen (secondary N) is 1. The van der Waals surface area contributed by atoms with Crippen molar-refractivity contribution in [3.05, 3.63) is 62.6 Å². The van der Waals surface area contributed by atoms with Crippen molar-refractivity contribution in [2.45, 2.75) is 0 Å². The fourth-order valence-electron chi connectivity index (χ4n) is 1.58. The van der Waals surface area contributed by atoms with Gasteiger partial charge < -0.3 is 10.1 Å². The molecule has 2 aromatic carbocycles. The van der Waals surface area contributed by atoms with E-state index in [9.17, 15) is 14.9 Å². The third-order valence-corrected chi connectivity index (χ3v) is 3.19. The normalized spacial score (nSPS) is 10.1. The molecule has 0 fully saturated rings. The third kappa shape index (κ3) is 4.34. The molecule has 6 nitrogen and oxygen atoms in total. The molecule has 0 spiro atoms. The number of halogens is 2. The molecule has 0 aliphatic heterocycles. The number of hydrogen-bond donors (Lipinski definition) is 1. The Morgan fingerprint density at radius 1 is 1.18 bits per heavy atom. The fourth-order valence-corrected chi connectivity index (χ4v) is 1.93. The number of rotatable bonds is 5. The number of nitro groups is 1. The minimum atomic E-state index is -0.568.